The van der Waals surface area contributed by atoms with E-state index in [2.05, 4.69) is 11.4 Å². The molecule has 0 bridgehead atoms. The van der Waals surface area contributed by atoms with Gasteiger partial charge in [-0.15, -0.1) is 0 Å². The van der Waals surface area contributed by atoms with Crippen molar-refractivity contribution in [2.75, 3.05) is 20.8 Å². The van der Waals surface area contributed by atoms with E-state index in [1.54, 1.807) is 7.11 Å². The van der Waals surface area contributed by atoms with Crippen molar-refractivity contribution in [1.29, 1.82) is 5.26 Å². The Hall–Kier alpha value is -0.630. The number of rotatable bonds is 5. The highest BCUT2D eigenvalue weighted by atomic mass is 16.5. The van der Waals surface area contributed by atoms with Crippen LogP contribution in [0.25, 0.3) is 0 Å². The molecule has 1 aliphatic rings. The molecule has 0 spiro atoms. The average Bonchev–Trinajstić information content (AvgIpc) is 2.63. The lowest BCUT2D eigenvalue weighted by molar-refractivity contribution is -0.0369. The number of nitrogens with zero attached hydrogens (tertiary/aromatic N) is 1. The maximum atomic E-state index is 9.08. The molecule has 0 aliphatic heterocycles. The smallest absolute Gasteiger partial charge is 0.109 e. The van der Waals surface area contributed by atoms with Crippen molar-refractivity contribution < 1.29 is 9.47 Å². The zero-order valence-electron chi connectivity index (χ0n) is 9.75. The lowest BCUT2D eigenvalue weighted by atomic mass is 10.0. The summed E-state index contributed by atoms with van der Waals surface area (Å²) in [6.07, 6.45) is 2.87. The topological polar surface area (TPSA) is 54.3 Å². The molecule has 0 aromatic rings. The Bertz CT molecular complexity index is 239. The summed E-state index contributed by atoms with van der Waals surface area (Å²) in [5.41, 5.74) is -0.378. The lowest BCUT2D eigenvalue weighted by Crippen LogP contribution is -2.39. The van der Waals surface area contributed by atoms with Gasteiger partial charge in [-0.25, -0.2) is 0 Å². The molecule has 0 amide bonds. The van der Waals surface area contributed by atoms with Gasteiger partial charge in [-0.3, -0.25) is 0 Å². The third kappa shape index (κ3) is 3.16. The van der Waals surface area contributed by atoms with Gasteiger partial charge in [0.05, 0.1) is 24.9 Å². The summed E-state index contributed by atoms with van der Waals surface area (Å²) in [6.45, 7) is 2.60. The minimum absolute atomic E-state index is 0.103. The molecule has 1 rings (SSSR count). The predicted molar refractivity (Wildman–Crippen MR) is 57.5 cm³/mol. The quantitative estimate of drug-likeness (QED) is 0.740. The second-order valence-electron chi connectivity index (χ2n) is 4.21. The van der Waals surface area contributed by atoms with Gasteiger partial charge in [0.2, 0.25) is 0 Å². The minimum Gasteiger partial charge on any atom is -0.382 e. The summed E-state index contributed by atoms with van der Waals surface area (Å²) in [5.74, 6) is 0. The third-order valence-electron chi connectivity index (χ3n) is 2.99. The van der Waals surface area contributed by atoms with Crippen molar-refractivity contribution in [3.8, 4) is 6.07 Å². The van der Waals surface area contributed by atoms with Gasteiger partial charge in [0.25, 0.3) is 0 Å². The monoisotopic (exact) mass is 212 g/mol. The third-order valence-corrected chi connectivity index (χ3v) is 2.99. The minimum atomic E-state index is -0.378. The molecule has 0 aromatic carbocycles. The number of nitriles is 1. The van der Waals surface area contributed by atoms with E-state index in [1.807, 2.05) is 14.0 Å². The first-order valence-corrected chi connectivity index (χ1v) is 5.40. The molecule has 1 aliphatic carbocycles. The molecule has 4 heteroatoms. The van der Waals surface area contributed by atoms with Gasteiger partial charge in [0.15, 0.2) is 0 Å². The molecular weight excluding hydrogens is 192 g/mol. The van der Waals surface area contributed by atoms with Gasteiger partial charge in [0.1, 0.15) is 5.54 Å². The molecule has 1 saturated carbocycles. The fraction of sp³-hybridized carbons (Fsp3) is 0.909. The Balaban J connectivity index is 2.40. The highest BCUT2D eigenvalue weighted by Crippen LogP contribution is 2.31. The molecule has 15 heavy (non-hydrogen) atoms. The highest BCUT2D eigenvalue weighted by molar-refractivity contribution is 5.11. The molecular formula is C11H20N2O2. The van der Waals surface area contributed by atoms with E-state index in [9.17, 15) is 0 Å². The SMILES string of the molecule is CNC1(C#N)CCC(OC(C)COC)C1. The Kier molecular flexibility index (Phi) is 4.52. The van der Waals surface area contributed by atoms with Crippen LogP contribution in [0, 0.1) is 11.3 Å². The van der Waals surface area contributed by atoms with Gasteiger partial charge in [-0.1, -0.05) is 0 Å². The first kappa shape index (κ1) is 12.4. The van der Waals surface area contributed by atoms with Crippen LogP contribution in [0.1, 0.15) is 26.2 Å². The molecule has 0 aromatic heterocycles. The fourth-order valence-electron chi connectivity index (χ4n) is 2.10. The summed E-state index contributed by atoms with van der Waals surface area (Å²) >= 11 is 0. The van der Waals surface area contributed by atoms with Crippen LogP contribution in [0.5, 0.6) is 0 Å². The van der Waals surface area contributed by atoms with Crippen LogP contribution in [0.3, 0.4) is 0 Å². The van der Waals surface area contributed by atoms with Gasteiger partial charge in [0, 0.05) is 13.5 Å². The molecule has 3 unspecified atom stereocenters. The lowest BCUT2D eigenvalue weighted by Gasteiger charge is -2.21. The van der Waals surface area contributed by atoms with Crippen LogP contribution in [0.2, 0.25) is 0 Å². The number of hydrogen-bond acceptors (Lipinski definition) is 4. The molecule has 0 radical (unpaired) electrons. The average molecular weight is 212 g/mol. The highest BCUT2D eigenvalue weighted by Gasteiger charge is 2.39. The van der Waals surface area contributed by atoms with Crippen molar-refractivity contribution in [3.63, 3.8) is 0 Å². The molecule has 1 N–H and O–H groups in total. The van der Waals surface area contributed by atoms with E-state index >= 15 is 0 Å². The van der Waals surface area contributed by atoms with Crippen LogP contribution in [-0.4, -0.2) is 38.5 Å². The summed E-state index contributed by atoms with van der Waals surface area (Å²) in [5, 5.41) is 12.2. The number of nitrogens with one attached hydrogen (secondary N) is 1. The van der Waals surface area contributed by atoms with E-state index < -0.39 is 0 Å². The van der Waals surface area contributed by atoms with Crippen LogP contribution in [0.4, 0.5) is 0 Å². The number of methoxy groups -OCH3 is 1. The molecule has 1 fully saturated rings. The maximum Gasteiger partial charge on any atom is 0.109 e. The van der Waals surface area contributed by atoms with Crippen LogP contribution in [-0.2, 0) is 9.47 Å². The van der Waals surface area contributed by atoms with E-state index in [4.69, 9.17) is 14.7 Å². The van der Waals surface area contributed by atoms with Crippen LogP contribution in [0.15, 0.2) is 0 Å². The van der Waals surface area contributed by atoms with E-state index in [-0.39, 0.29) is 17.7 Å². The zero-order valence-corrected chi connectivity index (χ0v) is 9.75. The Morgan fingerprint density at radius 1 is 1.67 bits per heavy atom. The summed E-state index contributed by atoms with van der Waals surface area (Å²) < 4.78 is 10.8. The van der Waals surface area contributed by atoms with Crippen LogP contribution < -0.4 is 5.32 Å². The zero-order chi connectivity index (χ0) is 11.3. The number of hydrogen-bond donors (Lipinski definition) is 1. The second kappa shape index (κ2) is 5.45. The van der Waals surface area contributed by atoms with Crippen molar-refractivity contribution in [3.05, 3.63) is 0 Å². The normalized spacial score (nSPS) is 32.5. The standard InChI is InChI=1S/C11H20N2O2/c1-9(7-14-3)15-10-4-5-11(6-10,8-12)13-2/h9-10,13H,4-7H2,1-3H3. The number of ether oxygens (including phenoxy) is 2. The molecule has 0 saturated heterocycles. The van der Waals surface area contributed by atoms with Gasteiger partial charge >= 0.3 is 0 Å². The Morgan fingerprint density at radius 2 is 2.40 bits per heavy atom. The van der Waals surface area contributed by atoms with E-state index in [1.165, 1.54) is 0 Å². The van der Waals surface area contributed by atoms with E-state index in [0.717, 1.165) is 19.3 Å². The molecule has 0 heterocycles. The Labute approximate surface area is 91.6 Å². The predicted octanol–water partition coefficient (Wildman–Crippen LogP) is 1.07. The molecule has 4 nitrogen and oxygen atoms in total. The summed E-state index contributed by atoms with van der Waals surface area (Å²) in [4.78, 5) is 0. The molecule has 86 valence electrons. The van der Waals surface area contributed by atoms with Crippen molar-refractivity contribution in [2.24, 2.45) is 0 Å². The second-order valence-corrected chi connectivity index (χ2v) is 4.21. The van der Waals surface area contributed by atoms with E-state index in [0.29, 0.717) is 6.61 Å². The molecule has 3 atom stereocenters. The van der Waals surface area contributed by atoms with Gasteiger partial charge in [-0.05, 0) is 26.8 Å². The van der Waals surface area contributed by atoms with Gasteiger partial charge < -0.3 is 14.8 Å². The Morgan fingerprint density at radius 3 is 2.87 bits per heavy atom. The van der Waals surface area contributed by atoms with Crippen molar-refractivity contribution in [1.82, 2.24) is 5.32 Å². The first-order valence-electron chi connectivity index (χ1n) is 5.40. The maximum absolute atomic E-state index is 9.08. The summed E-state index contributed by atoms with van der Waals surface area (Å²) in [6, 6.07) is 2.34. The summed E-state index contributed by atoms with van der Waals surface area (Å²) in [7, 11) is 3.51. The van der Waals surface area contributed by atoms with Crippen molar-refractivity contribution >= 4 is 0 Å². The van der Waals surface area contributed by atoms with Gasteiger partial charge in [-0.2, -0.15) is 5.26 Å². The largest absolute Gasteiger partial charge is 0.382 e. The fourth-order valence-corrected chi connectivity index (χ4v) is 2.10. The van der Waals surface area contributed by atoms with Crippen LogP contribution >= 0.6 is 0 Å². The first-order chi connectivity index (χ1) is 7.15. The van der Waals surface area contributed by atoms with Crippen molar-refractivity contribution in [2.45, 2.75) is 43.9 Å².